The third-order valence-corrected chi connectivity index (χ3v) is 2.59. The Morgan fingerprint density at radius 1 is 1.55 bits per heavy atom. The highest BCUT2D eigenvalue weighted by Crippen LogP contribution is 2.20. The summed E-state index contributed by atoms with van der Waals surface area (Å²) in [7, 11) is 1.43. The third kappa shape index (κ3) is 3.68. The number of hydrogen-bond donors (Lipinski definition) is 2. The van der Waals surface area contributed by atoms with Gasteiger partial charge in [0.15, 0.2) is 0 Å². The summed E-state index contributed by atoms with van der Waals surface area (Å²) in [5.41, 5.74) is -0.721. The number of carbonyl (C=O) groups excluding carboxylic acids is 1. The molecule has 1 aromatic carbocycles. The molecule has 0 aliphatic heterocycles. The van der Waals surface area contributed by atoms with E-state index >= 15 is 0 Å². The zero-order chi connectivity index (χ0) is 15.3. The Labute approximate surface area is 115 Å². The van der Waals surface area contributed by atoms with Gasteiger partial charge in [0.1, 0.15) is 5.82 Å². The predicted molar refractivity (Wildman–Crippen MR) is 69.8 cm³/mol. The molecular formula is C13H14FN3O3. The van der Waals surface area contributed by atoms with E-state index in [2.05, 4.69) is 5.32 Å². The van der Waals surface area contributed by atoms with Gasteiger partial charge in [-0.2, -0.15) is 5.26 Å². The van der Waals surface area contributed by atoms with E-state index in [1.807, 2.05) is 6.07 Å². The molecule has 2 amide bonds. The normalized spacial score (nSPS) is 11.3. The maximum Gasteiger partial charge on any atom is 0.337 e. The molecule has 0 spiro atoms. The summed E-state index contributed by atoms with van der Waals surface area (Å²) >= 11 is 0. The number of benzene rings is 1. The molecule has 0 radical (unpaired) electrons. The maximum absolute atomic E-state index is 13.6. The quantitative estimate of drug-likeness (QED) is 0.883. The first-order valence-electron chi connectivity index (χ1n) is 5.80. The van der Waals surface area contributed by atoms with Gasteiger partial charge in [0.05, 0.1) is 23.2 Å². The number of carboxylic acids is 1. The molecule has 7 heteroatoms. The molecule has 2 N–H and O–H groups in total. The van der Waals surface area contributed by atoms with Crippen molar-refractivity contribution in [1.29, 1.82) is 5.26 Å². The van der Waals surface area contributed by atoms with Crippen molar-refractivity contribution in [1.82, 2.24) is 4.90 Å². The van der Waals surface area contributed by atoms with Crippen LogP contribution in [0.15, 0.2) is 18.2 Å². The van der Waals surface area contributed by atoms with Gasteiger partial charge in [0.2, 0.25) is 0 Å². The van der Waals surface area contributed by atoms with Crippen LogP contribution in [-0.4, -0.2) is 35.6 Å². The van der Waals surface area contributed by atoms with E-state index in [1.165, 1.54) is 24.1 Å². The second-order valence-electron chi connectivity index (χ2n) is 4.31. The standard InChI is InChI=1S/C13H14FN3O3/c1-8(6-15)7-17(2)13(20)16-11-9(12(18)19)4-3-5-10(11)14/h3-5,8H,7H2,1-2H3,(H,16,20)(H,18,19). The summed E-state index contributed by atoms with van der Waals surface area (Å²) in [6.07, 6.45) is 0. The minimum Gasteiger partial charge on any atom is -0.478 e. The molecule has 1 unspecified atom stereocenters. The Kier molecular flexibility index (Phi) is 5.03. The molecule has 1 atom stereocenters. The Morgan fingerprint density at radius 3 is 2.75 bits per heavy atom. The summed E-state index contributed by atoms with van der Waals surface area (Å²) in [4.78, 5) is 24.0. The van der Waals surface area contributed by atoms with E-state index in [0.717, 1.165) is 6.07 Å². The number of hydrogen-bond acceptors (Lipinski definition) is 3. The Hall–Kier alpha value is -2.62. The number of anilines is 1. The maximum atomic E-state index is 13.6. The zero-order valence-electron chi connectivity index (χ0n) is 11.1. The van der Waals surface area contributed by atoms with Crippen molar-refractivity contribution in [2.24, 2.45) is 5.92 Å². The van der Waals surface area contributed by atoms with Crippen LogP contribution >= 0.6 is 0 Å². The van der Waals surface area contributed by atoms with Crippen molar-refractivity contribution in [2.45, 2.75) is 6.92 Å². The second-order valence-corrected chi connectivity index (χ2v) is 4.31. The van der Waals surface area contributed by atoms with E-state index in [4.69, 9.17) is 10.4 Å². The summed E-state index contributed by atoms with van der Waals surface area (Å²) in [5, 5.41) is 19.8. The molecule has 106 valence electrons. The van der Waals surface area contributed by atoms with Crippen LogP contribution in [-0.2, 0) is 0 Å². The summed E-state index contributed by atoms with van der Waals surface area (Å²) in [6.45, 7) is 1.79. The molecule has 0 aliphatic rings. The van der Waals surface area contributed by atoms with Gasteiger partial charge in [-0.1, -0.05) is 6.07 Å². The average molecular weight is 279 g/mol. The second kappa shape index (κ2) is 6.52. The first-order chi connectivity index (χ1) is 9.36. The average Bonchev–Trinajstić information content (AvgIpc) is 2.40. The van der Waals surface area contributed by atoms with Crippen LogP contribution < -0.4 is 5.32 Å². The molecule has 0 aromatic heterocycles. The largest absolute Gasteiger partial charge is 0.478 e. The molecule has 0 saturated carbocycles. The van der Waals surface area contributed by atoms with Crippen molar-refractivity contribution in [2.75, 3.05) is 18.9 Å². The molecule has 0 aliphatic carbocycles. The van der Waals surface area contributed by atoms with Crippen molar-refractivity contribution >= 4 is 17.7 Å². The summed E-state index contributed by atoms with van der Waals surface area (Å²) in [5.74, 6) is -2.56. The lowest BCUT2D eigenvalue weighted by Crippen LogP contribution is -2.35. The topological polar surface area (TPSA) is 93.4 Å². The number of nitrogens with one attached hydrogen (secondary N) is 1. The molecular weight excluding hydrogens is 265 g/mol. The lowest BCUT2D eigenvalue weighted by molar-refractivity contribution is 0.0697. The number of urea groups is 1. The fourth-order valence-corrected chi connectivity index (χ4v) is 1.57. The number of halogens is 1. The van der Waals surface area contributed by atoms with Gasteiger partial charge in [-0.05, 0) is 19.1 Å². The smallest absolute Gasteiger partial charge is 0.337 e. The molecule has 0 saturated heterocycles. The lowest BCUT2D eigenvalue weighted by atomic mass is 10.1. The van der Waals surface area contributed by atoms with Gasteiger partial charge < -0.3 is 15.3 Å². The SMILES string of the molecule is CC(C#N)CN(C)C(=O)Nc1c(F)cccc1C(=O)O. The van der Waals surface area contributed by atoms with Gasteiger partial charge in [0.25, 0.3) is 0 Å². The molecule has 0 heterocycles. The fraction of sp³-hybridized carbons (Fsp3) is 0.308. The van der Waals surface area contributed by atoms with Gasteiger partial charge in [-0.3, -0.25) is 0 Å². The third-order valence-electron chi connectivity index (χ3n) is 2.59. The van der Waals surface area contributed by atoms with Crippen LogP contribution in [0, 0.1) is 23.1 Å². The van der Waals surface area contributed by atoms with Crippen LogP contribution in [0.3, 0.4) is 0 Å². The van der Waals surface area contributed by atoms with Gasteiger partial charge in [0, 0.05) is 13.6 Å². The highest BCUT2D eigenvalue weighted by Gasteiger charge is 2.19. The van der Waals surface area contributed by atoms with Crippen LogP contribution in [0.25, 0.3) is 0 Å². The predicted octanol–water partition coefficient (Wildman–Crippen LogP) is 2.15. The van der Waals surface area contributed by atoms with Crippen molar-refractivity contribution in [3.63, 3.8) is 0 Å². The van der Waals surface area contributed by atoms with Gasteiger partial charge in [-0.25, -0.2) is 14.0 Å². The van der Waals surface area contributed by atoms with E-state index < -0.39 is 17.8 Å². The Bertz CT molecular complexity index is 568. The Morgan fingerprint density at radius 2 is 2.20 bits per heavy atom. The minimum absolute atomic E-state index is 0.152. The highest BCUT2D eigenvalue weighted by atomic mass is 19.1. The molecule has 6 nitrogen and oxygen atoms in total. The monoisotopic (exact) mass is 279 g/mol. The van der Waals surface area contributed by atoms with Crippen LogP contribution in [0.4, 0.5) is 14.9 Å². The van der Waals surface area contributed by atoms with E-state index in [0.29, 0.717) is 0 Å². The van der Waals surface area contributed by atoms with Crippen molar-refractivity contribution in [3.8, 4) is 6.07 Å². The van der Waals surface area contributed by atoms with Crippen molar-refractivity contribution < 1.29 is 19.1 Å². The molecule has 0 fully saturated rings. The summed E-state index contributed by atoms with van der Waals surface area (Å²) in [6, 6.07) is 4.78. The number of carboxylic acid groups (broad SMARTS) is 1. The number of nitrogens with zero attached hydrogens (tertiary/aromatic N) is 2. The van der Waals surface area contributed by atoms with E-state index in [1.54, 1.807) is 6.92 Å². The number of rotatable bonds is 4. The number of carbonyl (C=O) groups is 2. The van der Waals surface area contributed by atoms with Crippen LogP contribution in [0.2, 0.25) is 0 Å². The number of para-hydroxylation sites is 1. The van der Waals surface area contributed by atoms with E-state index in [-0.39, 0.29) is 23.7 Å². The summed E-state index contributed by atoms with van der Waals surface area (Å²) < 4.78 is 13.6. The molecule has 1 rings (SSSR count). The highest BCUT2D eigenvalue weighted by molar-refractivity contribution is 6.00. The van der Waals surface area contributed by atoms with Crippen LogP contribution in [0.1, 0.15) is 17.3 Å². The molecule has 20 heavy (non-hydrogen) atoms. The first kappa shape index (κ1) is 15.4. The number of nitriles is 1. The number of amides is 2. The first-order valence-corrected chi connectivity index (χ1v) is 5.80. The number of aromatic carboxylic acids is 1. The minimum atomic E-state index is -1.34. The Balaban J connectivity index is 2.91. The van der Waals surface area contributed by atoms with Gasteiger partial charge in [-0.15, -0.1) is 0 Å². The van der Waals surface area contributed by atoms with Crippen LogP contribution in [0.5, 0.6) is 0 Å². The lowest BCUT2D eigenvalue weighted by Gasteiger charge is -2.19. The van der Waals surface area contributed by atoms with E-state index in [9.17, 15) is 14.0 Å². The molecule has 1 aromatic rings. The van der Waals surface area contributed by atoms with Gasteiger partial charge >= 0.3 is 12.0 Å². The zero-order valence-corrected chi connectivity index (χ0v) is 11.1. The fourth-order valence-electron chi connectivity index (χ4n) is 1.57. The van der Waals surface area contributed by atoms with Crippen molar-refractivity contribution in [3.05, 3.63) is 29.6 Å². The molecule has 0 bridgehead atoms.